The predicted molar refractivity (Wildman–Crippen MR) is 126 cm³/mol. The molecule has 0 aliphatic carbocycles. The van der Waals surface area contributed by atoms with Crippen molar-refractivity contribution >= 4 is 69.5 Å². The molecule has 0 bridgehead atoms. The van der Waals surface area contributed by atoms with Gasteiger partial charge in [0.2, 0.25) is 0 Å². The topological polar surface area (TPSA) is 105 Å². The Labute approximate surface area is 197 Å². The van der Waals surface area contributed by atoms with E-state index < -0.39 is 17.8 Å². The molecule has 8 nitrogen and oxygen atoms in total. The molecule has 2 aromatic carbocycles. The van der Waals surface area contributed by atoms with Crippen LogP contribution < -0.4 is 19.7 Å². The summed E-state index contributed by atoms with van der Waals surface area (Å²) in [6.45, 7) is 2.24. The molecule has 0 spiro atoms. The van der Waals surface area contributed by atoms with Gasteiger partial charge in [0.25, 0.3) is 11.8 Å². The first-order chi connectivity index (χ1) is 14.8. The Morgan fingerprint density at radius 3 is 2.68 bits per heavy atom. The van der Waals surface area contributed by atoms with Crippen LogP contribution in [0.4, 0.5) is 5.69 Å². The number of methoxy groups -OCH3 is 1. The van der Waals surface area contributed by atoms with Gasteiger partial charge in [0.15, 0.2) is 16.6 Å². The molecule has 0 saturated carbocycles. The molecule has 2 amide bonds. The van der Waals surface area contributed by atoms with Crippen molar-refractivity contribution in [2.45, 2.75) is 6.92 Å². The maximum atomic E-state index is 13.2. The molecule has 0 radical (unpaired) electrons. The lowest BCUT2D eigenvalue weighted by atomic mass is 10.1. The minimum absolute atomic E-state index is 0.0124. The number of carbonyl (C=O) groups is 3. The third-order valence-electron chi connectivity index (χ3n) is 4.30. The third-order valence-corrected chi connectivity index (χ3v) is 5.39. The summed E-state index contributed by atoms with van der Waals surface area (Å²) in [6.07, 6.45) is 1.43. The maximum absolute atomic E-state index is 13.2. The first-order valence-corrected chi connectivity index (χ1v) is 10.5. The molecule has 3 rings (SSSR count). The van der Waals surface area contributed by atoms with E-state index in [4.69, 9.17) is 21.7 Å². The van der Waals surface area contributed by atoms with E-state index in [0.717, 1.165) is 8.47 Å². The van der Waals surface area contributed by atoms with E-state index in [1.807, 2.05) is 6.92 Å². The van der Waals surface area contributed by atoms with Crippen molar-refractivity contribution in [3.05, 3.63) is 56.7 Å². The van der Waals surface area contributed by atoms with Crippen molar-refractivity contribution in [3.63, 3.8) is 0 Å². The molecule has 31 heavy (non-hydrogen) atoms. The van der Waals surface area contributed by atoms with Crippen LogP contribution in [-0.4, -0.2) is 41.7 Å². The molecular formula is C21H17IN2O6S. The summed E-state index contributed by atoms with van der Waals surface area (Å²) in [7, 11) is 1.53. The first-order valence-electron chi connectivity index (χ1n) is 9.02. The summed E-state index contributed by atoms with van der Waals surface area (Å²) in [4.78, 5) is 38.1. The zero-order valence-corrected chi connectivity index (χ0v) is 19.4. The molecule has 1 heterocycles. The van der Waals surface area contributed by atoms with Gasteiger partial charge in [0.05, 0.1) is 28.5 Å². The minimum atomic E-state index is -1.15. The van der Waals surface area contributed by atoms with E-state index in [-0.39, 0.29) is 21.9 Å². The fraction of sp³-hybridized carbons (Fsp3) is 0.143. The number of carboxylic acid groups (broad SMARTS) is 1. The van der Waals surface area contributed by atoms with Crippen molar-refractivity contribution in [1.82, 2.24) is 5.32 Å². The summed E-state index contributed by atoms with van der Waals surface area (Å²) in [6, 6.07) is 9.15. The second kappa shape index (κ2) is 9.43. The summed E-state index contributed by atoms with van der Waals surface area (Å²) in [5, 5.41) is 11.6. The van der Waals surface area contributed by atoms with E-state index in [1.165, 1.54) is 37.5 Å². The highest BCUT2D eigenvalue weighted by Gasteiger charge is 2.34. The number of rotatable bonds is 6. The van der Waals surface area contributed by atoms with Gasteiger partial charge in [-0.05, 0) is 83.7 Å². The van der Waals surface area contributed by atoms with Crippen molar-refractivity contribution < 1.29 is 29.0 Å². The highest BCUT2D eigenvalue weighted by Crippen LogP contribution is 2.35. The van der Waals surface area contributed by atoms with Gasteiger partial charge in [-0.15, -0.1) is 0 Å². The monoisotopic (exact) mass is 552 g/mol. The van der Waals surface area contributed by atoms with Crippen LogP contribution in [0, 0.1) is 3.57 Å². The molecule has 0 atom stereocenters. The Balaban J connectivity index is 2.05. The normalized spacial score (nSPS) is 15.1. The number of carbonyl (C=O) groups excluding carboxylic acids is 2. The largest absolute Gasteiger partial charge is 0.492 e. The van der Waals surface area contributed by atoms with Crippen LogP contribution in [0.15, 0.2) is 42.0 Å². The summed E-state index contributed by atoms with van der Waals surface area (Å²) in [5.41, 5.74) is 0.624. The molecule has 1 saturated heterocycles. The number of thiocarbonyl (C=S) groups is 1. The summed E-state index contributed by atoms with van der Waals surface area (Å²) in [5.74, 6) is -1.43. The Morgan fingerprint density at radius 2 is 2.03 bits per heavy atom. The highest BCUT2D eigenvalue weighted by molar-refractivity contribution is 14.1. The van der Waals surface area contributed by atoms with Crippen molar-refractivity contribution in [2.24, 2.45) is 0 Å². The number of aromatic carboxylic acids is 1. The lowest BCUT2D eigenvalue weighted by molar-refractivity contribution is -0.122. The molecule has 10 heteroatoms. The zero-order valence-electron chi connectivity index (χ0n) is 16.5. The first kappa shape index (κ1) is 22.7. The van der Waals surface area contributed by atoms with Gasteiger partial charge in [0.1, 0.15) is 5.57 Å². The van der Waals surface area contributed by atoms with Gasteiger partial charge in [0, 0.05) is 0 Å². The molecule has 0 unspecified atom stereocenters. The lowest BCUT2D eigenvalue weighted by Gasteiger charge is -2.29. The van der Waals surface area contributed by atoms with Crippen LogP contribution in [0.1, 0.15) is 22.8 Å². The van der Waals surface area contributed by atoms with E-state index in [1.54, 1.807) is 12.1 Å². The zero-order chi connectivity index (χ0) is 22.7. The number of ether oxygens (including phenoxy) is 2. The van der Waals surface area contributed by atoms with E-state index >= 15 is 0 Å². The minimum Gasteiger partial charge on any atom is -0.492 e. The lowest BCUT2D eigenvalue weighted by Crippen LogP contribution is -2.54. The highest BCUT2D eigenvalue weighted by atomic mass is 127. The van der Waals surface area contributed by atoms with Crippen LogP contribution in [0.2, 0.25) is 0 Å². The van der Waals surface area contributed by atoms with Crippen molar-refractivity contribution in [3.8, 4) is 11.5 Å². The SMILES string of the molecule is CCOc1cc(C=C2C(=O)NC(=S)N(c3cccc(C(=O)O)c3)C2=O)cc(I)c1OC. The quantitative estimate of drug-likeness (QED) is 0.246. The Bertz CT molecular complexity index is 1130. The number of amides is 2. The molecule has 0 aromatic heterocycles. The second-order valence-electron chi connectivity index (χ2n) is 6.28. The van der Waals surface area contributed by atoms with Gasteiger partial charge in [-0.3, -0.25) is 19.8 Å². The van der Waals surface area contributed by atoms with Crippen molar-refractivity contribution in [1.29, 1.82) is 0 Å². The van der Waals surface area contributed by atoms with E-state index in [0.29, 0.717) is 23.7 Å². The Hall–Kier alpha value is -2.99. The number of hydrogen-bond donors (Lipinski definition) is 2. The maximum Gasteiger partial charge on any atom is 0.335 e. The average molecular weight is 552 g/mol. The summed E-state index contributed by atoms with van der Waals surface area (Å²) >= 11 is 7.24. The molecule has 2 N–H and O–H groups in total. The van der Waals surface area contributed by atoms with Crippen LogP contribution in [0.5, 0.6) is 11.5 Å². The van der Waals surface area contributed by atoms with Gasteiger partial charge in [-0.25, -0.2) is 4.79 Å². The predicted octanol–water partition coefficient (Wildman–Crippen LogP) is 3.23. The van der Waals surface area contributed by atoms with Crippen LogP contribution in [0.3, 0.4) is 0 Å². The third kappa shape index (κ3) is 4.69. The Kier molecular flexibility index (Phi) is 6.91. The standard InChI is InChI=1S/C21H17IN2O6S/c1-3-30-16-9-11(8-15(22)17(16)29-2)7-14-18(25)23-21(31)24(19(14)26)13-6-4-5-12(10-13)20(27)28/h4-10H,3H2,1-2H3,(H,27,28)(H,23,25,31). The Morgan fingerprint density at radius 1 is 1.29 bits per heavy atom. The smallest absolute Gasteiger partial charge is 0.335 e. The number of halogens is 1. The van der Waals surface area contributed by atoms with E-state index in [2.05, 4.69) is 27.9 Å². The molecule has 1 fully saturated rings. The molecule has 2 aromatic rings. The molecule has 1 aliphatic rings. The number of hydrogen-bond acceptors (Lipinski definition) is 6. The van der Waals surface area contributed by atoms with Gasteiger partial charge in [-0.2, -0.15) is 0 Å². The van der Waals surface area contributed by atoms with Gasteiger partial charge < -0.3 is 14.6 Å². The molecular weight excluding hydrogens is 535 g/mol. The molecule has 160 valence electrons. The number of nitrogens with zero attached hydrogens (tertiary/aromatic N) is 1. The van der Waals surface area contributed by atoms with Crippen molar-refractivity contribution in [2.75, 3.05) is 18.6 Å². The number of benzene rings is 2. The van der Waals surface area contributed by atoms with Gasteiger partial charge in [-0.1, -0.05) is 6.07 Å². The number of nitrogens with one attached hydrogen (secondary N) is 1. The van der Waals surface area contributed by atoms with Crippen LogP contribution in [0.25, 0.3) is 6.08 Å². The number of anilines is 1. The van der Waals surface area contributed by atoms with Crippen LogP contribution in [-0.2, 0) is 9.59 Å². The second-order valence-corrected chi connectivity index (χ2v) is 7.83. The fourth-order valence-electron chi connectivity index (χ4n) is 2.97. The van der Waals surface area contributed by atoms with E-state index in [9.17, 15) is 19.5 Å². The number of carboxylic acids is 1. The summed E-state index contributed by atoms with van der Waals surface area (Å²) < 4.78 is 11.7. The van der Waals surface area contributed by atoms with Gasteiger partial charge >= 0.3 is 5.97 Å². The average Bonchev–Trinajstić information content (AvgIpc) is 2.71. The van der Waals surface area contributed by atoms with Crippen LogP contribution >= 0.6 is 34.8 Å². The molecule has 1 aliphatic heterocycles. The fourth-order valence-corrected chi connectivity index (χ4v) is 4.10.